The van der Waals surface area contributed by atoms with Gasteiger partial charge < -0.3 is 9.84 Å². The molecule has 0 aromatic heterocycles. The van der Waals surface area contributed by atoms with Crippen molar-refractivity contribution in [2.45, 2.75) is 45.1 Å². The first kappa shape index (κ1) is 19.2. The summed E-state index contributed by atoms with van der Waals surface area (Å²) >= 11 is 0. The third-order valence-electron chi connectivity index (χ3n) is 3.92. The number of ketones is 1. The maximum Gasteiger partial charge on any atom is 0.313 e. The van der Waals surface area contributed by atoms with E-state index in [-0.39, 0.29) is 25.2 Å². The molecule has 0 spiro atoms. The summed E-state index contributed by atoms with van der Waals surface area (Å²) in [5.74, 6) is -2.72. The molecule has 0 heterocycles. The fraction of sp³-hybridized carbons (Fsp3) is 0.529. The van der Waals surface area contributed by atoms with Crippen LogP contribution in [0.15, 0.2) is 18.2 Å². The van der Waals surface area contributed by atoms with Crippen molar-refractivity contribution in [3.8, 4) is 0 Å². The molecule has 1 aromatic rings. The monoisotopic (exact) mass is 328 g/mol. The number of rotatable bonds is 8. The fourth-order valence-electron chi connectivity index (χ4n) is 2.33. The van der Waals surface area contributed by atoms with Crippen LogP contribution in [0.4, 0.5) is 8.78 Å². The summed E-state index contributed by atoms with van der Waals surface area (Å²) in [5.41, 5.74) is -0.949. The third kappa shape index (κ3) is 6.06. The maximum absolute atomic E-state index is 13.2. The summed E-state index contributed by atoms with van der Waals surface area (Å²) in [6.45, 7) is 3.50. The van der Waals surface area contributed by atoms with Crippen LogP contribution >= 0.6 is 0 Å². The molecule has 1 atom stereocenters. The van der Waals surface area contributed by atoms with Crippen LogP contribution in [0.2, 0.25) is 0 Å². The van der Waals surface area contributed by atoms with Gasteiger partial charge in [-0.3, -0.25) is 9.59 Å². The largest absolute Gasteiger partial charge is 0.469 e. The van der Waals surface area contributed by atoms with Gasteiger partial charge in [0.1, 0.15) is 23.8 Å². The maximum atomic E-state index is 13.2. The molecule has 0 fully saturated rings. The van der Waals surface area contributed by atoms with E-state index in [1.807, 2.05) is 0 Å². The minimum atomic E-state index is -1.35. The molecule has 0 saturated carbocycles. The second-order valence-corrected chi connectivity index (χ2v) is 6.00. The molecule has 0 radical (unpaired) electrons. The van der Waals surface area contributed by atoms with Crippen molar-refractivity contribution in [3.63, 3.8) is 0 Å². The van der Waals surface area contributed by atoms with Gasteiger partial charge in [0, 0.05) is 12.5 Å². The zero-order chi connectivity index (χ0) is 17.6. The lowest BCUT2D eigenvalue weighted by atomic mass is 9.80. The van der Waals surface area contributed by atoms with E-state index in [9.17, 15) is 23.5 Å². The van der Waals surface area contributed by atoms with Crippen LogP contribution in [0.25, 0.3) is 0 Å². The smallest absolute Gasteiger partial charge is 0.313 e. The molecule has 0 bridgehead atoms. The van der Waals surface area contributed by atoms with Gasteiger partial charge in [-0.25, -0.2) is 8.78 Å². The van der Waals surface area contributed by atoms with Crippen LogP contribution in [0, 0.1) is 17.6 Å². The van der Waals surface area contributed by atoms with Gasteiger partial charge in [0.25, 0.3) is 0 Å². The van der Waals surface area contributed by atoms with Crippen LogP contribution in [0.1, 0.15) is 38.7 Å². The fourth-order valence-corrected chi connectivity index (χ4v) is 2.33. The Labute approximate surface area is 134 Å². The summed E-state index contributed by atoms with van der Waals surface area (Å²) in [6, 6.07) is 3.16. The number of Topliss-reactive ketones (excluding diaryl/α,β-unsaturated/α-hetero) is 1. The SMILES string of the molecule is COC(=O)CC(=O)CC(O)(CCc1cc(F)cc(F)c1)C(C)C. The topological polar surface area (TPSA) is 63.6 Å². The Morgan fingerprint density at radius 1 is 1.22 bits per heavy atom. The Morgan fingerprint density at radius 2 is 1.78 bits per heavy atom. The van der Waals surface area contributed by atoms with Gasteiger partial charge in [0.05, 0.1) is 12.7 Å². The predicted molar refractivity (Wildman–Crippen MR) is 80.7 cm³/mol. The number of hydrogen-bond donors (Lipinski definition) is 1. The molecule has 1 rings (SSSR count). The number of aryl methyl sites for hydroxylation is 1. The lowest BCUT2D eigenvalue weighted by Gasteiger charge is -2.31. The first-order chi connectivity index (χ1) is 10.7. The Morgan fingerprint density at radius 3 is 2.26 bits per heavy atom. The number of halogens is 2. The van der Waals surface area contributed by atoms with E-state index in [2.05, 4.69) is 4.74 Å². The number of carbonyl (C=O) groups is 2. The molecule has 0 saturated heterocycles. The number of ether oxygens (including phenoxy) is 1. The van der Waals surface area contributed by atoms with E-state index in [4.69, 9.17) is 0 Å². The molecule has 128 valence electrons. The molecule has 4 nitrogen and oxygen atoms in total. The Balaban J connectivity index is 2.76. The van der Waals surface area contributed by atoms with E-state index in [0.717, 1.165) is 6.07 Å². The minimum absolute atomic E-state index is 0.153. The molecule has 0 aliphatic rings. The molecule has 1 N–H and O–H groups in total. The summed E-state index contributed by atoms with van der Waals surface area (Å²) in [4.78, 5) is 23.0. The number of carbonyl (C=O) groups excluding carboxylic acids is 2. The third-order valence-corrected chi connectivity index (χ3v) is 3.92. The summed E-state index contributed by atoms with van der Waals surface area (Å²) < 4.78 is 30.8. The van der Waals surface area contributed by atoms with Crippen LogP contribution in [0.3, 0.4) is 0 Å². The van der Waals surface area contributed by atoms with Crippen LogP contribution in [-0.2, 0) is 20.7 Å². The highest BCUT2D eigenvalue weighted by molar-refractivity contribution is 5.95. The van der Waals surface area contributed by atoms with Crippen LogP contribution in [0.5, 0.6) is 0 Å². The predicted octanol–water partition coefficient (Wildman–Crippen LogP) is 2.81. The van der Waals surface area contributed by atoms with E-state index < -0.39 is 35.4 Å². The second-order valence-electron chi connectivity index (χ2n) is 6.00. The molecule has 0 aliphatic heterocycles. The van der Waals surface area contributed by atoms with Gasteiger partial charge >= 0.3 is 5.97 Å². The van der Waals surface area contributed by atoms with Gasteiger partial charge in [0.15, 0.2) is 0 Å². The number of methoxy groups -OCH3 is 1. The Hall–Kier alpha value is -1.82. The molecular formula is C17H22F2O4. The van der Waals surface area contributed by atoms with Gasteiger partial charge in [-0.1, -0.05) is 13.8 Å². The van der Waals surface area contributed by atoms with Crippen molar-refractivity contribution in [2.24, 2.45) is 5.92 Å². The van der Waals surface area contributed by atoms with E-state index in [1.165, 1.54) is 19.2 Å². The molecule has 1 unspecified atom stereocenters. The van der Waals surface area contributed by atoms with Gasteiger partial charge in [-0.2, -0.15) is 0 Å². The summed E-state index contributed by atoms with van der Waals surface area (Å²) in [6.07, 6.45) is -0.243. The van der Waals surface area contributed by atoms with Crippen molar-refractivity contribution in [3.05, 3.63) is 35.4 Å². The van der Waals surface area contributed by atoms with Crippen molar-refractivity contribution in [1.82, 2.24) is 0 Å². The number of hydrogen-bond acceptors (Lipinski definition) is 4. The quantitative estimate of drug-likeness (QED) is 0.589. The standard InChI is InChI=1S/C17H22F2O4/c1-11(2)17(22,10-15(20)9-16(21)23-3)5-4-12-6-13(18)8-14(19)7-12/h6-8,11,22H,4-5,9-10H2,1-3H3. The lowest BCUT2D eigenvalue weighted by molar-refractivity contribution is -0.144. The summed E-state index contributed by atoms with van der Waals surface area (Å²) in [7, 11) is 1.18. The van der Waals surface area contributed by atoms with Gasteiger partial charge in [0.2, 0.25) is 0 Å². The average Bonchev–Trinajstić information content (AvgIpc) is 2.43. The Bertz CT molecular complexity index is 551. The first-order valence-corrected chi connectivity index (χ1v) is 7.42. The zero-order valence-corrected chi connectivity index (χ0v) is 13.6. The van der Waals surface area contributed by atoms with E-state index >= 15 is 0 Å². The van der Waals surface area contributed by atoms with Crippen molar-refractivity contribution >= 4 is 11.8 Å². The van der Waals surface area contributed by atoms with E-state index in [1.54, 1.807) is 13.8 Å². The number of esters is 1. The minimum Gasteiger partial charge on any atom is -0.469 e. The lowest BCUT2D eigenvalue weighted by Crippen LogP contribution is -2.38. The van der Waals surface area contributed by atoms with Crippen molar-refractivity contribution in [2.75, 3.05) is 7.11 Å². The zero-order valence-electron chi connectivity index (χ0n) is 13.6. The highest BCUT2D eigenvalue weighted by atomic mass is 19.1. The Kier molecular flexibility index (Phi) is 6.81. The molecule has 6 heteroatoms. The first-order valence-electron chi connectivity index (χ1n) is 7.42. The molecular weight excluding hydrogens is 306 g/mol. The second kappa shape index (κ2) is 8.15. The molecule has 1 aromatic carbocycles. The highest BCUT2D eigenvalue weighted by Gasteiger charge is 2.33. The van der Waals surface area contributed by atoms with Crippen LogP contribution in [-0.4, -0.2) is 29.6 Å². The number of benzene rings is 1. The highest BCUT2D eigenvalue weighted by Crippen LogP contribution is 2.28. The van der Waals surface area contributed by atoms with Crippen molar-refractivity contribution in [1.29, 1.82) is 0 Å². The van der Waals surface area contributed by atoms with Crippen LogP contribution < -0.4 is 0 Å². The molecule has 23 heavy (non-hydrogen) atoms. The normalized spacial score (nSPS) is 13.7. The average molecular weight is 328 g/mol. The van der Waals surface area contributed by atoms with Gasteiger partial charge in [-0.05, 0) is 36.5 Å². The van der Waals surface area contributed by atoms with Crippen molar-refractivity contribution < 1.29 is 28.2 Å². The van der Waals surface area contributed by atoms with E-state index in [0.29, 0.717) is 5.56 Å². The summed E-state index contributed by atoms with van der Waals surface area (Å²) in [5, 5.41) is 10.7. The molecule has 0 amide bonds. The number of aliphatic hydroxyl groups is 1. The van der Waals surface area contributed by atoms with Gasteiger partial charge in [-0.15, -0.1) is 0 Å². The molecule has 0 aliphatic carbocycles.